The van der Waals surface area contributed by atoms with Crippen molar-refractivity contribution >= 4 is 5.57 Å². The van der Waals surface area contributed by atoms with Crippen molar-refractivity contribution in [3.05, 3.63) is 40.5 Å². The van der Waals surface area contributed by atoms with Crippen molar-refractivity contribution in [3.63, 3.8) is 0 Å². The number of hydrogen-bond acceptors (Lipinski definition) is 0. The summed E-state index contributed by atoms with van der Waals surface area (Å²) < 4.78 is 0. The predicted octanol–water partition coefficient (Wildman–Crippen LogP) is 6.95. The Morgan fingerprint density at radius 2 is 1.43 bits per heavy atom. The highest BCUT2D eigenvalue weighted by molar-refractivity contribution is 5.71. The zero-order chi connectivity index (χ0) is 16.4. The summed E-state index contributed by atoms with van der Waals surface area (Å²) in [6.07, 6.45) is 2.48. The summed E-state index contributed by atoms with van der Waals surface area (Å²) in [5.41, 5.74) is 8.09. The topological polar surface area (TPSA) is 0 Å². The van der Waals surface area contributed by atoms with E-state index in [0.29, 0.717) is 10.8 Å². The molecular formula is C21H34. The summed E-state index contributed by atoms with van der Waals surface area (Å²) in [4.78, 5) is 0. The summed E-state index contributed by atoms with van der Waals surface area (Å²) in [6.45, 7) is 20.3. The molecule has 1 aliphatic carbocycles. The molecule has 1 aromatic carbocycles. The number of allylic oxidation sites excluding steroid dienone is 2. The van der Waals surface area contributed by atoms with Crippen LogP contribution in [0.5, 0.6) is 0 Å². The van der Waals surface area contributed by atoms with Gasteiger partial charge in [-0.1, -0.05) is 65.3 Å². The van der Waals surface area contributed by atoms with Gasteiger partial charge in [0.2, 0.25) is 0 Å². The maximum absolute atomic E-state index is 2.40. The Morgan fingerprint density at radius 1 is 0.857 bits per heavy atom. The number of hydrogen-bond donors (Lipinski definition) is 0. The third kappa shape index (κ3) is 3.99. The first-order valence-corrected chi connectivity index (χ1v) is 8.40. The molecule has 0 heterocycles. The first-order chi connectivity index (χ1) is 9.62. The van der Waals surface area contributed by atoms with Gasteiger partial charge in [-0.25, -0.2) is 0 Å². The SMILES string of the molecule is CC.CC1=C(c2ccc(C)c(C)c2)CC(C)(C)CC1(C)C. The largest absolute Gasteiger partial charge is 0.0683 e. The van der Waals surface area contributed by atoms with Crippen LogP contribution in [-0.2, 0) is 0 Å². The smallest absolute Gasteiger partial charge is 0.0136 e. The minimum absolute atomic E-state index is 0.315. The molecule has 0 radical (unpaired) electrons. The second-order valence-corrected chi connectivity index (χ2v) is 7.80. The monoisotopic (exact) mass is 286 g/mol. The zero-order valence-electron chi connectivity index (χ0n) is 15.6. The number of aryl methyl sites for hydroxylation is 2. The first kappa shape index (κ1) is 18.0. The predicted molar refractivity (Wildman–Crippen MR) is 96.7 cm³/mol. The molecule has 1 aromatic rings. The van der Waals surface area contributed by atoms with Gasteiger partial charge in [-0.2, -0.15) is 0 Å². The van der Waals surface area contributed by atoms with Crippen LogP contribution in [0.3, 0.4) is 0 Å². The highest BCUT2D eigenvalue weighted by Crippen LogP contribution is 2.51. The van der Waals surface area contributed by atoms with E-state index in [-0.39, 0.29) is 0 Å². The molecule has 0 heteroatoms. The molecule has 0 saturated heterocycles. The van der Waals surface area contributed by atoms with Gasteiger partial charge in [0, 0.05) is 0 Å². The van der Waals surface area contributed by atoms with E-state index in [1.807, 2.05) is 13.8 Å². The molecule has 2 rings (SSSR count). The Labute approximate surface area is 132 Å². The lowest BCUT2D eigenvalue weighted by atomic mass is 9.62. The van der Waals surface area contributed by atoms with E-state index in [0.717, 1.165) is 0 Å². The van der Waals surface area contributed by atoms with Crippen LogP contribution in [0.25, 0.3) is 5.57 Å². The molecule has 0 atom stereocenters. The van der Waals surface area contributed by atoms with Crippen LogP contribution >= 0.6 is 0 Å². The minimum atomic E-state index is 0.315. The van der Waals surface area contributed by atoms with Crippen molar-refractivity contribution in [2.45, 2.75) is 75.2 Å². The minimum Gasteiger partial charge on any atom is -0.0683 e. The molecule has 0 N–H and O–H groups in total. The van der Waals surface area contributed by atoms with Gasteiger partial charge >= 0.3 is 0 Å². The van der Waals surface area contributed by atoms with Crippen LogP contribution in [-0.4, -0.2) is 0 Å². The van der Waals surface area contributed by atoms with Crippen LogP contribution in [0, 0.1) is 24.7 Å². The van der Waals surface area contributed by atoms with Gasteiger partial charge in [-0.15, -0.1) is 0 Å². The lowest BCUT2D eigenvalue weighted by molar-refractivity contribution is 0.215. The van der Waals surface area contributed by atoms with E-state index < -0.39 is 0 Å². The van der Waals surface area contributed by atoms with Crippen molar-refractivity contribution in [3.8, 4) is 0 Å². The summed E-state index contributed by atoms with van der Waals surface area (Å²) in [7, 11) is 0. The van der Waals surface area contributed by atoms with Crippen LogP contribution in [0.15, 0.2) is 23.8 Å². The fourth-order valence-electron chi connectivity index (χ4n) is 3.66. The molecule has 0 unspecified atom stereocenters. The molecule has 1 aliphatic rings. The van der Waals surface area contributed by atoms with Gasteiger partial charge < -0.3 is 0 Å². The van der Waals surface area contributed by atoms with Crippen molar-refractivity contribution in [2.24, 2.45) is 10.8 Å². The summed E-state index contributed by atoms with van der Waals surface area (Å²) in [5.74, 6) is 0. The molecule has 0 bridgehead atoms. The summed E-state index contributed by atoms with van der Waals surface area (Å²) in [6, 6.07) is 6.93. The molecule has 0 spiro atoms. The van der Waals surface area contributed by atoms with E-state index >= 15 is 0 Å². The van der Waals surface area contributed by atoms with Crippen LogP contribution in [0.4, 0.5) is 0 Å². The van der Waals surface area contributed by atoms with Crippen LogP contribution in [0.2, 0.25) is 0 Å². The Hall–Kier alpha value is -1.04. The molecule has 0 fully saturated rings. The maximum Gasteiger partial charge on any atom is -0.0136 e. The van der Waals surface area contributed by atoms with Gasteiger partial charge in [-0.3, -0.25) is 0 Å². The Morgan fingerprint density at radius 3 is 1.95 bits per heavy atom. The maximum atomic E-state index is 2.40. The molecular weight excluding hydrogens is 252 g/mol. The van der Waals surface area contributed by atoms with Crippen molar-refractivity contribution in [2.75, 3.05) is 0 Å². The summed E-state index contributed by atoms with van der Waals surface area (Å²) >= 11 is 0. The number of benzene rings is 1. The molecule has 0 nitrogen and oxygen atoms in total. The van der Waals surface area contributed by atoms with E-state index in [1.165, 1.54) is 29.5 Å². The van der Waals surface area contributed by atoms with E-state index in [4.69, 9.17) is 0 Å². The lowest BCUT2D eigenvalue weighted by Gasteiger charge is -2.43. The highest BCUT2D eigenvalue weighted by atomic mass is 14.4. The second kappa shape index (κ2) is 6.38. The molecule has 118 valence electrons. The Bertz CT molecular complexity index is 527. The third-order valence-corrected chi connectivity index (χ3v) is 4.90. The van der Waals surface area contributed by atoms with Gasteiger partial charge in [0.15, 0.2) is 0 Å². The quantitative estimate of drug-likeness (QED) is 0.524. The van der Waals surface area contributed by atoms with Gasteiger partial charge in [0.05, 0.1) is 0 Å². The van der Waals surface area contributed by atoms with Crippen molar-refractivity contribution in [1.82, 2.24) is 0 Å². The lowest BCUT2D eigenvalue weighted by Crippen LogP contribution is -2.30. The summed E-state index contributed by atoms with van der Waals surface area (Å²) in [5, 5.41) is 0. The van der Waals surface area contributed by atoms with E-state index in [1.54, 1.807) is 11.1 Å². The fraction of sp³-hybridized carbons (Fsp3) is 0.619. The molecule has 0 amide bonds. The van der Waals surface area contributed by atoms with Gasteiger partial charge in [0.25, 0.3) is 0 Å². The zero-order valence-corrected chi connectivity index (χ0v) is 15.6. The van der Waals surface area contributed by atoms with Crippen LogP contribution in [0.1, 0.15) is 78.0 Å². The Kier molecular flexibility index (Phi) is 5.47. The third-order valence-electron chi connectivity index (χ3n) is 4.90. The molecule has 0 aliphatic heterocycles. The normalized spacial score (nSPS) is 19.9. The Balaban J connectivity index is 0.00000106. The average Bonchev–Trinajstić information content (AvgIpc) is 2.38. The van der Waals surface area contributed by atoms with Gasteiger partial charge in [-0.05, 0) is 66.7 Å². The van der Waals surface area contributed by atoms with E-state index in [9.17, 15) is 0 Å². The standard InChI is InChI=1S/C19H28.C2H6/c1-13-8-9-16(10-14(13)2)17-11-18(4,5)12-19(6,7)15(17)3;1-2/h8-10H,11-12H2,1-7H3;1-2H3. The first-order valence-electron chi connectivity index (χ1n) is 8.40. The highest BCUT2D eigenvalue weighted by Gasteiger charge is 2.37. The van der Waals surface area contributed by atoms with Crippen molar-refractivity contribution in [1.29, 1.82) is 0 Å². The molecule has 0 aromatic heterocycles. The van der Waals surface area contributed by atoms with Gasteiger partial charge in [0.1, 0.15) is 0 Å². The second-order valence-electron chi connectivity index (χ2n) is 7.80. The number of rotatable bonds is 1. The molecule has 21 heavy (non-hydrogen) atoms. The van der Waals surface area contributed by atoms with Crippen molar-refractivity contribution < 1.29 is 0 Å². The molecule has 0 saturated carbocycles. The average molecular weight is 287 g/mol. The fourth-order valence-corrected chi connectivity index (χ4v) is 3.66. The van der Waals surface area contributed by atoms with E-state index in [2.05, 4.69) is 66.7 Å². The van der Waals surface area contributed by atoms with Crippen LogP contribution < -0.4 is 0 Å².